The third-order valence-electron chi connectivity index (χ3n) is 7.89. The number of benzene rings is 2. The summed E-state index contributed by atoms with van der Waals surface area (Å²) in [7, 11) is 1.78. The summed E-state index contributed by atoms with van der Waals surface area (Å²) in [6.07, 6.45) is -2.12. The molecule has 1 aliphatic heterocycles. The van der Waals surface area contributed by atoms with Gasteiger partial charge in [0.2, 0.25) is 0 Å². The van der Waals surface area contributed by atoms with Gasteiger partial charge in [-0.15, -0.1) is 0 Å². The Labute approximate surface area is 249 Å². The molecule has 1 atom stereocenters. The lowest BCUT2D eigenvalue weighted by Gasteiger charge is -2.35. The first-order chi connectivity index (χ1) is 20.4. The van der Waals surface area contributed by atoms with Gasteiger partial charge in [0.25, 0.3) is 11.5 Å². The molecule has 224 valence electrons. The van der Waals surface area contributed by atoms with E-state index in [4.69, 9.17) is 11.6 Å². The van der Waals surface area contributed by atoms with Crippen molar-refractivity contribution in [2.24, 2.45) is 5.92 Å². The van der Waals surface area contributed by atoms with Crippen molar-refractivity contribution in [3.05, 3.63) is 85.9 Å². The highest BCUT2D eigenvalue weighted by molar-refractivity contribution is 6.31. The van der Waals surface area contributed by atoms with Crippen molar-refractivity contribution in [2.75, 3.05) is 12.4 Å². The quantitative estimate of drug-likeness (QED) is 0.259. The van der Waals surface area contributed by atoms with Crippen LogP contribution in [-0.2, 0) is 25.6 Å². The molecule has 0 bridgehead atoms. The Balaban J connectivity index is 1.50. The first-order valence-corrected chi connectivity index (χ1v) is 14.2. The summed E-state index contributed by atoms with van der Waals surface area (Å²) in [4.78, 5) is 29.4. The van der Waals surface area contributed by atoms with E-state index in [0.29, 0.717) is 34.8 Å². The fourth-order valence-corrected chi connectivity index (χ4v) is 6.08. The van der Waals surface area contributed by atoms with Crippen LogP contribution in [0, 0.1) is 5.92 Å². The second-order valence-electron chi connectivity index (χ2n) is 11.3. The summed E-state index contributed by atoms with van der Waals surface area (Å²) in [6, 6.07) is 8.30. The van der Waals surface area contributed by atoms with E-state index in [1.807, 2.05) is 18.2 Å². The largest absolute Gasteiger partial charge is 0.417 e. The molecule has 13 heteroatoms. The Morgan fingerprint density at radius 1 is 1.21 bits per heavy atom. The maximum Gasteiger partial charge on any atom is 0.417 e. The molecule has 0 aliphatic carbocycles. The molecule has 0 unspecified atom stereocenters. The monoisotopic (exact) mass is 611 g/mol. The Morgan fingerprint density at radius 2 is 1.98 bits per heavy atom. The predicted octanol–water partition coefficient (Wildman–Crippen LogP) is 5.86. The summed E-state index contributed by atoms with van der Waals surface area (Å²) < 4.78 is 44.0. The summed E-state index contributed by atoms with van der Waals surface area (Å²) in [5, 5.41) is 15.4. The highest BCUT2D eigenvalue weighted by Gasteiger charge is 2.36. The molecule has 0 fully saturated rings. The number of fused-ring (bicyclic) bond motifs is 4. The Morgan fingerprint density at radius 3 is 2.67 bits per heavy atom. The first kappa shape index (κ1) is 28.8. The van der Waals surface area contributed by atoms with Gasteiger partial charge in [-0.05, 0) is 62.1 Å². The average Bonchev–Trinajstić information content (AvgIpc) is 3.56. The fraction of sp³-hybridized carbons (Fsp3) is 0.333. The van der Waals surface area contributed by atoms with Crippen molar-refractivity contribution in [3.8, 4) is 5.69 Å². The number of aromatic amines is 1. The lowest BCUT2D eigenvalue weighted by molar-refractivity contribution is -0.137. The van der Waals surface area contributed by atoms with E-state index < -0.39 is 28.7 Å². The molecule has 3 aromatic heterocycles. The number of hydrogen-bond acceptors (Lipinski definition) is 5. The Bertz CT molecular complexity index is 1960. The number of rotatable bonds is 5. The van der Waals surface area contributed by atoms with Crippen molar-refractivity contribution >= 4 is 39.9 Å². The highest BCUT2D eigenvalue weighted by atomic mass is 35.5. The fourth-order valence-electron chi connectivity index (χ4n) is 5.86. The molecule has 2 N–H and O–H groups in total. The van der Waals surface area contributed by atoms with Gasteiger partial charge < -0.3 is 10.2 Å². The maximum absolute atomic E-state index is 14.3. The zero-order chi connectivity index (χ0) is 30.8. The molecule has 5 aromatic rings. The van der Waals surface area contributed by atoms with Gasteiger partial charge in [0.1, 0.15) is 5.65 Å². The van der Waals surface area contributed by atoms with Crippen molar-refractivity contribution in [1.82, 2.24) is 29.3 Å². The minimum Gasteiger partial charge on any atom is -0.371 e. The number of carbonyl (C=O) groups excluding carboxylic acids is 1. The van der Waals surface area contributed by atoms with Crippen LogP contribution < -0.4 is 10.9 Å². The van der Waals surface area contributed by atoms with Crippen LogP contribution in [0.15, 0.2) is 47.4 Å². The number of halogens is 4. The zero-order valence-electron chi connectivity index (χ0n) is 23.9. The molecule has 43 heavy (non-hydrogen) atoms. The normalized spacial score (nSPS) is 15.5. The van der Waals surface area contributed by atoms with Gasteiger partial charge >= 0.3 is 6.18 Å². The predicted molar refractivity (Wildman–Crippen MR) is 158 cm³/mol. The minimum atomic E-state index is -4.71. The van der Waals surface area contributed by atoms with Crippen molar-refractivity contribution in [1.29, 1.82) is 0 Å². The van der Waals surface area contributed by atoms with Crippen molar-refractivity contribution in [2.45, 2.75) is 52.4 Å². The molecule has 1 amide bonds. The molecule has 6 rings (SSSR count). The highest BCUT2D eigenvalue weighted by Crippen LogP contribution is 2.36. The van der Waals surface area contributed by atoms with Crippen LogP contribution in [0.3, 0.4) is 0 Å². The van der Waals surface area contributed by atoms with Crippen LogP contribution in [0.5, 0.6) is 0 Å². The SMILES string of the molecule is CNc1n[nH]c2cc(-n3c(=O)c4c(n5ncc(CC(C)C)c35)CN(C(=O)c3ccc(Cl)c(C(F)(F)F)c3)[C@H](C)C4)ccc12. The van der Waals surface area contributed by atoms with E-state index in [1.165, 1.54) is 11.0 Å². The van der Waals surface area contributed by atoms with Gasteiger partial charge in [-0.25, -0.2) is 4.52 Å². The Kier molecular flexibility index (Phi) is 6.99. The number of carbonyl (C=O) groups is 1. The molecular formula is C30H29ClF3N7O2. The van der Waals surface area contributed by atoms with Crippen LogP contribution in [-0.4, -0.2) is 48.3 Å². The summed E-state index contributed by atoms with van der Waals surface area (Å²) in [6.45, 7) is 5.92. The van der Waals surface area contributed by atoms with Gasteiger partial charge in [0.15, 0.2) is 5.82 Å². The second-order valence-corrected chi connectivity index (χ2v) is 11.7. The van der Waals surface area contributed by atoms with Crippen LogP contribution >= 0.6 is 11.6 Å². The number of alkyl halides is 3. The van der Waals surface area contributed by atoms with E-state index in [0.717, 1.165) is 28.6 Å². The van der Waals surface area contributed by atoms with E-state index in [1.54, 1.807) is 29.3 Å². The average molecular weight is 612 g/mol. The summed E-state index contributed by atoms with van der Waals surface area (Å²) in [5.74, 6) is 0.375. The second kappa shape index (κ2) is 10.4. The lowest BCUT2D eigenvalue weighted by Crippen LogP contribution is -2.46. The Hall–Kier alpha value is -4.32. The molecule has 1 aliphatic rings. The van der Waals surface area contributed by atoms with Gasteiger partial charge in [0.05, 0.1) is 40.2 Å². The van der Waals surface area contributed by atoms with Crippen LogP contribution in [0.1, 0.15) is 53.5 Å². The van der Waals surface area contributed by atoms with Crippen LogP contribution in [0.25, 0.3) is 22.2 Å². The molecule has 0 saturated carbocycles. The number of aromatic nitrogens is 5. The first-order valence-electron chi connectivity index (χ1n) is 13.9. The molecule has 0 radical (unpaired) electrons. The molecule has 9 nitrogen and oxygen atoms in total. The minimum absolute atomic E-state index is 0.000196. The number of amides is 1. The third kappa shape index (κ3) is 4.83. The zero-order valence-corrected chi connectivity index (χ0v) is 24.6. The standard InChI is InChI=1S/C30H29ClF3N7O2/c1-15(2)9-18-13-36-41-25-14-39(28(42)17-5-8-23(31)22(11-17)30(32,33)34)16(3)10-21(25)29(43)40(27(18)41)19-6-7-20-24(12-19)37-38-26(20)35-4/h5-8,11-13,15-16H,9-10,14H2,1-4H3,(H2,35,37,38)/t16-/m1/s1. The molecule has 0 saturated heterocycles. The number of anilines is 1. The van der Waals surface area contributed by atoms with Gasteiger partial charge in [0, 0.05) is 35.2 Å². The number of nitrogens with one attached hydrogen (secondary N) is 2. The topological polar surface area (TPSA) is 100 Å². The third-order valence-corrected chi connectivity index (χ3v) is 8.22. The van der Waals surface area contributed by atoms with Crippen molar-refractivity contribution < 1.29 is 18.0 Å². The number of nitrogens with zero attached hydrogens (tertiary/aromatic N) is 5. The van der Waals surface area contributed by atoms with E-state index >= 15 is 0 Å². The maximum atomic E-state index is 14.3. The lowest BCUT2D eigenvalue weighted by atomic mass is 9.97. The van der Waals surface area contributed by atoms with Crippen molar-refractivity contribution in [3.63, 3.8) is 0 Å². The van der Waals surface area contributed by atoms with E-state index in [9.17, 15) is 22.8 Å². The molecular weight excluding hydrogens is 583 g/mol. The van der Waals surface area contributed by atoms with Gasteiger partial charge in [-0.2, -0.15) is 23.4 Å². The molecule has 0 spiro atoms. The van der Waals surface area contributed by atoms with Crippen LogP contribution in [0.4, 0.5) is 19.0 Å². The van der Waals surface area contributed by atoms with Gasteiger partial charge in [-0.3, -0.25) is 19.3 Å². The van der Waals surface area contributed by atoms with Gasteiger partial charge in [-0.1, -0.05) is 25.4 Å². The summed E-state index contributed by atoms with van der Waals surface area (Å²) in [5.41, 5.74) is 2.42. The summed E-state index contributed by atoms with van der Waals surface area (Å²) >= 11 is 5.79. The molecule has 2 aromatic carbocycles. The van der Waals surface area contributed by atoms with E-state index in [2.05, 4.69) is 34.5 Å². The van der Waals surface area contributed by atoms with Crippen LogP contribution in [0.2, 0.25) is 5.02 Å². The van der Waals surface area contributed by atoms with E-state index in [-0.39, 0.29) is 30.0 Å². The molecule has 4 heterocycles. The number of H-pyrrole nitrogens is 1. The number of hydrogen-bond donors (Lipinski definition) is 2. The smallest absolute Gasteiger partial charge is 0.371 e.